The Morgan fingerprint density at radius 3 is 2.32 bits per heavy atom. The van der Waals surface area contributed by atoms with Gasteiger partial charge in [0, 0.05) is 12.3 Å². The summed E-state index contributed by atoms with van der Waals surface area (Å²) in [5, 5.41) is 6.18. The van der Waals surface area contributed by atoms with Gasteiger partial charge < -0.3 is 4.74 Å². The van der Waals surface area contributed by atoms with Gasteiger partial charge in [0.15, 0.2) is 0 Å². The SMILES string of the molecule is CC(=O)O[C@H]1C(=O)N(c2cc3c4ccccc4ccc3c3ccccc23)[C@@H]1c1ccc(F)cn1. The molecule has 2 atom stereocenters. The van der Waals surface area contributed by atoms with E-state index >= 15 is 0 Å². The van der Waals surface area contributed by atoms with Crippen LogP contribution in [-0.4, -0.2) is 23.0 Å². The number of hydrogen-bond donors (Lipinski definition) is 0. The Morgan fingerprint density at radius 1 is 0.882 bits per heavy atom. The molecule has 0 saturated carbocycles. The molecule has 4 aromatic carbocycles. The van der Waals surface area contributed by atoms with Gasteiger partial charge in [0.25, 0.3) is 5.91 Å². The highest BCUT2D eigenvalue weighted by atomic mass is 19.1. The van der Waals surface area contributed by atoms with Crippen molar-refractivity contribution < 1.29 is 18.7 Å². The van der Waals surface area contributed by atoms with Crippen LogP contribution in [0.1, 0.15) is 18.7 Å². The molecule has 0 N–H and O–H groups in total. The molecule has 6 heteroatoms. The molecule has 0 bridgehead atoms. The van der Waals surface area contributed by atoms with E-state index in [1.165, 1.54) is 19.1 Å². The second kappa shape index (κ2) is 7.63. The third-order valence-corrected chi connectivity index (χ3v) is 6.40. The summed E-state index contributed by atoms with van der Waals surface area (Å²) in [7, 11) is 0. The van der Waals surface area contributed by atoms with Crippen molar-refractivity contribution in [2.24, 2.45) is 0 Å². The first-order chi connectivity index (χ1) is 16.5. The minimum absolute atomic E-state index is 0.337. The van der Waals surface area contributed by atoms with Gasteiger partial charge in [-0.2, -0.15) is 0 Å². The summed E-state index contributed by atoms with van der Waals surface area (Å²) < 4.78 is 18.9. The second-order valence-electron chi connectivity index (χ2n) is 8.41. The number of carbonyl (C=O) groups is 2. The predicted molar refractivity (Wildman–Crippen MR) is 129 cm³/mol. The predicted octanol–water partition coefficient (Wildman–Crippen LogP) is 5.70. The lowest BCUT2D eigenvalue weighted by molar-refractivity contribution is -0.160. The molecule has 5 aromatic rings. The highest BCUT2D eigenvalue weighted by molar-refractivity contribution is 6.23. The van der Waals surface area contributed by atoms with Crippen molar-refractivity contribution in [1.29, 1.82) is 0 Å². The number of fused-ring (bicyclic) bond motifs is 5. The number of halogens is 1. The van der Waals surface area contributed by atoms with E-state index in [2.05, 4.69) is 29.2 Å². The van der Waals surface area contributed by atoms with Crippen LogP contribution in [0.4, 0.5) is 10.1 Å². The molecule has 0 unspecified atom stereocenters. The summed E-state index contributed by atoms with van der Waals surface area (Å²) in [6.45, 7) is 1.27. The minimum Gasteiger partial charge on any atom is -0.450 e. The van der Waals surface area contributed by atoms with Crippen molar-refractivity contribution in [2.75, 3.05) is 4.90 Å². The van der Waals surface area contributed by atoms with Gasteiger partial charge in [-0.3, -0.25) is 19.5 Å². The summed E-state index contributed by atoms with van der Waals surface area (Å²) in [6.07, 6.45) is 0.0880. The highest BCUT2D eigenvalue weighted by Crippen LogP contribution is 2.45. The topological polar surface area (TPSA) is 59.5 Å². The molecule has 0 spiro atoms. The molecular weight excluding hydrogens is 431 g/mol. The summed E-state index contributed by atoms with van der Waals surface area (Å²) >= 11 is 0. The van der Waals surface area contributed by atoms with Gasteiger partial charge in [-0.15, -0.1) is 0 Å². The molecule has 0 radical (unpaired) electrons. The summed E-state index contributed by atoms with van der Waals surface area (Å²) in [5.74, 6) is -1.37. The van der Waals surface area contributed by atoms with Crippen molar-refractivity contribution >= 4 is 49.9 Å². The fourth-order valence-electron chi connectivity index (χ4n) is 4.92. The van der Waals surface area contributed by atoms with Crippen molar-refractivity contribution in [3.8, 4) is 0 Å². The molecular formula is C28H19FN2O3. The Bertz CT molecular complexity index is 1610. The number of esters is 1. The van der Waals surface area contributed by atoms with Crippen LogP contribution in [0.15, 0.2) is 85.1 Å². The summed E-state index contributed by atoms with van der Waals surface area (Å²) in [4.78, 5) is 30.9. The first kappa shape index (κ1) is 20.3. The van der Waals surface area contributed by atoms with Crippen LogP contribution < -0.4 is 4.90 Å². The lowest BCUT2D eigenvalue weighted by Gasteiger charge is -2.46. The normalized spacial score (nSPS) is 17.8. The van der Waals surface area contributed by atoms with Gasteiger partial charge >= 0.3 is 5.97 Å². The molecule has 166 valence electrons. The molecule has 1 amide bonds. The zero-order chi connectivity index (χ0) is 23.4. The minimum atomic E-state index is -1.02. The van der Waals surface area contributed by atoms with Crippen LogP contribution >= 0.6 is 0 Å². The first-order valence-electron chi connectivity index (χ1n) is 11.0. The fraction of sp³-hybridized carbons (Fsp3) is 0.107. The van der Waals surface area contributed by atoms with Crippen molar-refractivity contribution in [2.45, 2.75) is 19.1 Å². The molecule has 5 nitrogen and oxygen atoms in total. The molecule has 1 aliphatic rings. The smallest absolute Gasteiger partial charge is 0.303 e. The van der Waals surface area contributed by atoms with Crippen molar-refractivity contribution in [3.63, 3.8) is 0 Å². The maximum absolute atomic E-state index is 13.6. The maximum Gasteiger partial charge on any atom is 0.303 e. The number of amides is 1. The quantitative estimate of drug-likeness (QED) is 0.201. The average molecular weight is 450 g/mol. The van der Waals surface area contributed by atoms with E-state index in [0.717, 1.165) is 38.5 Å². The lowest BCUT2D eigenvalue weighted by Crippen LogP contribution is -2.61. The third-order valence-electron chi connectivity index (χ3n) is 6.40. The maximum atomic E-state index is 13.6. The van der Waals surface area contributed by atoms with E-state index in [4.69, 9.17) is 4.74 Å². The zero-order valence-corrected chi connectivity index (χ0v) is 18.2. The third kappa shape index (κ3) is 3.03. The number of benzene rings is 4. The number of aromatic nitrogens is 1. The Labute approximate surface area is 194 Å². The average Bonchev–Trinajstić information content (AvgIpc) is 2.86. The lowest BCUT2D eigenvalue weighted by atomic mass is 9.89. The largest absolute Gasteiger partial charge is 0.450 e. The number of rotatable bonds is 3. The molecule has 34 heavy (non-hydrogen) atoms. The molecule has 1 saturated heterocycles. The van der Waals surface area contributed by atoms with Gasteiger partial charge in [-0.25, -0.2) is 4.39 Å². The Morgan fingerprint density at radius 2 is 1.59 bits per heavy atom. The molecule has 1 aromatic heterocycles. The Kier molecular flexibility index (Phi) is 4.55. The standard InChI is InChI=1S/C28H19FN2O3/c1-16(32)34-27-26(24-13-11-18(29)15-30-24)31(28(27)33)25-14-23-19-7-3-2-6-17(19)10-12-21(23)20-8-4-5-9-22(20)25/h2-15,26-27H,1H3/t26-,27-/m1/s1. The number of ether oxygens (including phenoxy) is 1. The molecule has 1 fully saturated rings. The monoisotopic (exact) mass is 450 g/mol. The van der Waals surface area contributed by atoms with Crippen molar-refractivity contribution in [3.05, 3.63) is 96.6 Å². The summed E-state index contributed by atoms with van der Waals surface area (Å²) in [6, 6.07) is 24.4. The van der Waals surface area contributed by atoms with Gasteiger partial charge in [-0.05, 0) is 45.1 Å². The molecule has 6 rings (SSSR count). The van der Waals surface area contributed by atoms with Gasteiger partial charge in [0.2, 0.25) is 6.10 Å². The second-order valence-corrected chi connectivity index (χ2v) is 8.41. The number of hydrogen-bond acceptors (Lipinski definition) is 4. The van der Waals surface area contributed by atoms with E-state index in [1.54, 1.807) is 4.90 Å². The van der Waals surface area contributed by atoms with Crippen LogP contribution in [0.2, 0.25) is 0 Å². The van der Waals surface area contributed by atoms with E-state index in [9.17, 15) is 14.0 Å². The number of β-lactam (4-membered cyclic amide) rings is 1. The van der Waals surface area contributed by atoms with Crippen LogP contribution in [0.3, 0.4) is 0 Å². The molecule has 0 aliphatic carbocycles. The number of anilines is 1. The van der Waals surface area contributed by atoms with Crippen LogP contribution in [0.5, 0.6) is 0 Å². The van der Waals surface area contributed by atoms with Crippen LogP contribution in [0.25, 0.3) is 32.3 Å². The Balaban J connectivity index is 1.62. The van der Waals surface area contributed by atoms with Crippen molar-refractivity contribution in [1.82, 2.24) is 4.98 Å². The van der Waals surface area contributed by atoms with Gasteiger partial charge in [0.05, 0.1) is 17.6 Å². The Hall–Kier alpha value is -4.32. The van der Waals surface area contributed by atoms with Crippen LogP contribution in [0, 0.1) is 5.82 Å². The zero-order valence-electron chi connectivity index (χ0n) is 18.2. The van der Waals surface area contributed by atoms with E-state index in [-0.39, 0.29) is 5.91 Å². The van der Waals surface area contributed by atoms with Gasteiger partial charge in [-0.1, -0.05) is 60.7 Å². The van der Waals surface area contributed by atoms with E-state index in [1.807, 2.05) is 42.5 Å². The molecule has 2 heterocycles. The fourth-order valence-corrected chi connectivity index (χ4v) is 4.92. The number of carbonyl (C=O) groups excluding carboxylic acids is 2. The van der Waals surface area contributed by atoms with E-state index in [0.29, 0.717) is 11.4 Å². The number of nitrogens with zero attached hydrogens (tertiary/aromatic N) is 2. The van der Waals surface area contributed by atoms with Gasteiger partial charge in [0.1, 0.15) is 11.9 Å². The number of pyridine rings is 1. The van der Waals surface area contributed by atoms with Crippen LogP contribution in [-0.2, 0) is 14.3 Å². The van der Waals surface area contributed by atoms with E-state index < -0.39 is 23.9 Å². The highest BCUT2D eigenvalue weighted by Gasteiger charge is 2.52. The molecule has 1 aliphatic heterocycles. The summed E-state index contributed by atoms with van der Waals surface area (Å²) in [5.41, 5.74) is 1.15. The first-order valence-corrected chi connectivity index (χ1v) is 11.0.